The summed E-state index contributed by atoms with van der Waals surface area (Å²) in [5.74, 6) is -2.12. The van der Waals surface area contributed by atoms with E-state index in [1.807, 2.05) is 0 Å². The summed E-state index contributed by atoms with van der Waals surface area (Å²) in [5, 5.41) is 12.3. The minimum Gasteiger partial charge on any atom is -0.480 e. The summed E-state index contributed by atoms with van der Waals surface area (Å²) in [6, 6.07) is 4.86. The third kappa shape index (κ3) is 3.92. The number of aryl methyl sites for hydroxylation is 1. The molecule has 0 aliphatic rings. The lowest BCUT2D eigenvalue weighted by atomic mass is 10.0. The lowest BCUT2D eigenvalue weighted by molar-refractivity contribution is -0.140. The van der Waals surface area contributed by atoms with Gasteiger partial charge in [0.25, 0.3) is 5.91 Å². The fourth-order valence-electron chi connectivity index (χ4n) is 2.04. The molecule has 2 rings (SSSR count). The van der Waals surface area contributed by atoms with Crippen LogP contribution in [0.25, 0.3) is 10.6 Å². The van der Waals surface area contributed by atoms with Crippen LogP contribution in [0.2, 0.25) is 0 Å². The Morgan fingerprint density at radius 3 is 2.39 bits per heavy atom. The van der Waals surface area contributed by atoms with Gasteiger partial charge in [0.15, 0.2) is 0 Å². The molecule has 0 radical (unpaired) electrons. The number of aromatic nitrogens is 1. The average Bonchev–Trinajstić information content (AvgIpc) is 2.86. The Hall–Kier alpha value is -2.28. The molecule has 0 fully saturated rings. The molecule has 1 heterocycles. The second-order valence-electron chi connectivity index (χ2n) is 5.47. The molecule has 1 atom stereocenters. The van der Waals surface area contributed by atoms with E-state index in [1.54, 1.807) is 32.9 Å². The lowest BCUT2D eigenvalue weighted by Gasteiger charge is -2.17. The molecule has 0 saturated heterocycles. The Morgan fingerprint density at radius 1 is 1.26 bits per heavy atom. The van der Waals surface area contributed by atoms with E-state index in [0.717, 1.165) is 11.3 Å². The van der Waals surface area contributed by atoms with E-state index in [9.17, 15) is 14.0 Å². The van der Waals surface area contributed by atoms with Crippen molar-refractivity contribution in [2.24, 2.45) is 5.92 Å². The first-order valence-corrected chi connectivity index (χ1v) is 7.88. The monoisotopic (exact) mass is 336 g/mol. The van der Waals surface area contributed by atoms with E-state index in [4.69, 9.17) is 5.11 Å². The first-order chi connectivity index (χ1) is 10.8. The van der Waals surface area contributed by atoms with E-state index in [2.05, 4.69) is 10.3 Å². The topological polar surface area (TPSA) is 79.3 Å². The van der Waals surface area contributed by atoms with Gasteiger partial charge in [-0.2, -0.15) is 0 Å². The van der Waals surface area contributed by atoms with E-state index in [0.29, 0.717) is 21.1 Å². The molecule has 0 saturated carbocycles. The number of carboxylic acid groups (broad SMARTS) is 1. The second kappa shape index (κ2) is 6.87. The van der Waals surface area contributed by atoms with Crippen LogP contribution in [0.5, 0.6) is 0 Å². The maximum absolute atomic E-state index is 13.0. The number of aliphatic carboxylic acids is 1. The van der Waals surface area contributed by atoms with Crippen LogP contribution >= 0.6 is 11.3 Å². The quantitative estimate of drug-likeness (QED) is 0.879. The Kier molecular flexibility index (Phi) is 5.10. The fourth-order valence-corrected chi connectivity index (χ4v) is 3.02. The van der Waals surface area contributed by atoms with Gasteiger partial charge in [-0.25, -0.2) is 14.2 Å². The Balaban J connectivity index is 2.25. The van der Waals surface area contributed by atoms with Crippen LogP contribution in [0.4, 0.5) is 4.39 Å². The van der Waals surface area contributed by atoms with Gasteiger partial charge in [0, 0.05) is 5.56 Å². The van der Waals surface area contributed by atoms with Crippen molar-refractivity contribution < 1.29 is 19.1 Å². The van der Waals surface area contributed by atoms with E-state index >= 15 is 0 Å². The number of rotatable bonds is 5. The Morgan fingerprint density at radius 2 is 1.87 bits per heavy atom. The van der Waals surface area contributed by atoms with Crippen LogP contribution in [0.15, 0.2) is 24.3 Å². The van der Waals surface area contributed by atoms with Gasteiger partial charge in [0.05, 0.1) is 5.69 Å². The highest BCUT2D eigenvalue weighted by molar-refractivity contribution is 7.17. The van der Waals surface area contributed by atoms with Gasteiger partial charge in [-0.05, 0) is 37.1 Å². The zero-order valence-corrected chi connectivity index (χ0v) is 13.8. The molecule has 0 aliphatic heterocycles. The molecular formula is C16H17FN2O3S. The molecule has 1 amide bonds. The number of nitrogens with one attached hydrogen (secondary N) is 1. The van der Waals surface area contributed by atoms with Gasteiger partial charge < -0.3 is 10.4 Å². The Labute approximate surface area is 137 Å². The molecular weight excluding hydrogens is 319 g/mol. The van der Waals surface area contributed by atoms with Crippen molar-refractivity contribution in [2.45, 2.75) is 26.8 Å². The summed E-state index contributed by atoms with van der Waals surface area (Å²) in [6.07, 6.45) is 0. The SMILES string of the molecule is Cc1nc(-c2ccc(F)cc2)sc1C(=O)NC(C(=O)O)C(C)C. The van der Waals surface area contributed by atoms with Crippen molar-refractivity contribution in [3.8, 4) is 10.6 Å². The first kappa shape index (κ1) is 17.1. The Bertz CT molecular complexity index is 725. The first-order valence-electron chi connectivity index (χ1n) is 7.06. The number of carboxylic acids is 1. The predicted molar refractivity (Wildman–Crippen MR) is 86.0 cm³/mol. The summed E-state index contributed by atoms with van der Waals surface area (Å²) < 4.78 is 13.0. The number of hydrogen-bond donors (Lipinski definition) is 2. The summed E-state index contributed by atoms with van der Waals surface area (Å²) in [4.78, 5) is 28.2. The van der Waals surface area contributed by atoms with Gasteiger partial charge in [-0.15, -0.1) is 11.3 Å². The molecule has 7 heteroatoms. The van der Waals surface area contributed by atoms with Crippen LogP contribution in [-0.2, 0) is 4.79 Å². The van der Waals surface area contributed by atoms with E-state index in [-0.39, 0.29) is 11.7 Å². The molecule has 2 aromatic rings. The highest BCUT2D eigenvalue weighted by atomic mass is 32.1. The third-order valence-corrected chi connectivity index (χ3v) is 4.52. The summed E-state index contributed by atoms with van der Waals surface area (Å²) in [6.45, 7) is 5.13. The maximum atomic E-state index is 13.0. The van der Waals surface area contributed by atoms with Crippen LogP contribution < -0.4 is 5.32 Å². The van der Waals surface area contributed by atoms with Crippen LogP contribution in [0, 0.1) is 18.7 Å². The molecule has 5 nitrogen and oxygen atoms in total. The third-order valence-electron chi connectivity index (χ3n) is 3.31. The molecule has 0 aliphatic carbocycles. The molecule has 2 N–H and O–H groups in total. The van der Waals surface area contributed by atoms with Crippen molar-refractivity contribution in [3.05, 3.63) is 40.7 Å². The largest absolute Gasteiger partial charge is 0.480 e. The number of amides is 1. The molecule has 1 aromatic heterocycles. The minimum absolute atomic E-state index is 0.235. The van der Waals surface area contributed by atoms with Crippen molar-refractivity contribution in [2.75, 3.05) is 0 Å². The number of halogens is 1. The van der Waals surface area contributed by atoms with Gasteiger partial charge in [-0.3, -0.25) is 4.79 Å². The lowest BCUT2D eigenvalue weighted by Crippen LogP contribution is -2.44. The van der Waals surface area contributed by atoms with Gasteiger partial charge in [-0.1, -0.05) is 13.8 Å². The highest BCUT2D eigenvalue weighted by Gasteiger charge is 2.26. The second-order valence-corrected chi connectivity index (χ2v) is 6.47. The summed E-state index contributed by atoms with van der Waals surface area (Å²) in [7, 11) is 0. The number of hydrogen-bond acceptors (Lipinski definition) is 4. The summed E-state index contributed by atoms with van der Waals surface area (Å²) >= 11 is 1.15. The normalized spacial score (nSPS) is 12.2. The summed E-state index contributed by atoms with van der Waals surface area (Å²) in [5.41, 5.74) is 1.22. The van der Waals surface area contributed by atoms with Crippen LogP contribution in [0.1, 0.15) is 29.2 Å². The molecule has 1 aromatic carbocycles. The number of carbonyl (C=O) groups excluding carboxylic acids is 1. The van der Waals surface area contributed by atoms with Crippen molar-refractivity contribution >= 4 is 23.2 Å². The van der Waals surface area contributed by atoms with Crippen LogP contribution in [-0.4, -0.2) is 28.0 Å². The molecule has 0 spiro atoms. The number of carbonyl (C=O) groups is 2. The zero-order chi connectivity index (χ0) is 17.1. The predicted octanol–water partition coefficient (Wildman–Crippen LogP) is 3.10. The standard InChI is InChI=1S/C16H17FN2O3S/c1-8(2)12(16(21)22)19-14(20)13-9(3)18-15(23-13)10-4-6-11(17)7-5-10/h4-8,12H,1-3H3,(H,19,20)(H,21,22). The van der Waals surface area contributed by atoms with E-state index in [1.165, 1.54) is 12.1 Å². The molecule has 1 unspecified atom stereocenters. The number of benzene rings is 1. The molecule has 122 valence electrons. The minimum atomic E-state index is -1.07. The smallest absolute Gasteiger partial charge is 0.326 e. The number of thiazole rings is 1. The van der Waals surface area contributed by atoms with Crippen molar-refractivity contribution in [1.82, 2.24) is 10.3 Å². The zero-order valence-electron chi connectivity index (χ0n) is 13.0. The van der Waals surface area contributed by atoms with Crippen molar-refractivity contribution in [1.29, 1.82) is 0 Å². The van der Waals surface area contributed by atoms with E-state index < -0.39 is 17.9 Å². The molecule has 0 bridgehead atoms. The van der Waals surface area contributed by atoms with Crippen LogP contribution in [0.3, 0.4) is 0 Å². The number of nitrogens with zero attached hydrogens (tertiary/aromatic N) is 1. The average molecular weight is 336 g/mol. The van der Waals surface area contributed by atoms with Gasteiger partial charge in [0.1, 0.15) is 21.7 Å². The fraction of sp³-hybridized carbons (Fsp3) is 0.312. The molecule has 23 heavy (non-hydrogen) atoms. The highest BCUT2D eigenvalue weighted by Crippen LogP contribution is 2.28. The maximum Gasteiger partial charge on any atom is 0.326 e. The van der Waals surface area contributed by atoms with Gasteiger partial charge in [0.2, 0.25) is 0 Å². The van der Waals surface area contributed by atoms with Crippen molar-refractivity contribution in [3.63, 3.8) is 0 Å². The van der Waals surface area contributed by atoms with Gasteiger partial charge >= 0.3 is 5.97 Å².